The highest BCUT2D eigenvalue weighted by molar-refractivity contribution is 5.86. The van der Waals surface area contributed by atoms with Crippen molar-refractivity contribution in [2.45, 2.75) is 96.7 Å². The van der Waals surface area contributed by atoms with Crippen molar-refractivity contribution in [2.75, 3.05) is 18.8 Å². The van der Waals surface area contributed by atoms with E-state index in [9.17, 15) is 5.11 Å². The van der Waals surface area contributed by atoms with Crippen LogP contribution in [0.2, 0.25) is 0 Å². The van der Waals surface area contributed by atoms with Gasteiger partial charge in [0.1, 0.15) is 23.6 Å². The minimum atomic E-state index is -0.370. The molecule has 0 radical (unpaired) electrons. The molecule has 2 aliphatic carbocycles. The number of aromatic nitrogens is 5. The maximum atomic E-state index is 11.1. The van der Waals surface area contributed by atoms with Gasteiger partial charge in [-0.25, -0.2) is 15.0 Å². The summed E-state index contributed by atoms with van der Waals surface area (Å²) in [6.07, 6.45) is 9.67. The molecule has 2 fully saturated rings. The molecule has 8 heteroatoms. The van der Waals surface area contributed by atoms with E-state index in [-0.39, 0.29) is 17.6 Å². The smallest absolute Gasteiger partial charge is 0.145 e. The molecule has 2 saturated carbocycles. The van der Waals surface area contributed by atoms with Gasteiger partial charge >= 0.3 is 0 Å². The number of aromatic amines is 1. The molecule has 8 nitrogen and oxygen atoms in total. The predicted octanol–water partition coefficient (Wildman–Crippen LogP) is 5.87. The summed E-state index contributed by atoms with van der Waals surface area (Å²) in [5, 5.41) is 11.9. The third-order valence-electron chi connectivity index (χ3n) is 9.50. The van der Waals surface area contributed by atoms with Crippen LogP contribution in [0.25, 0.3) is 22.1 Å². The summed E-state index contributed by atoms with van der Waals surface area (Å²) in [6.45, 7) is 13.6. The van der Waals surface area contributed by atoms with Gasteiger partial charge < -0.3 is 20.4 Å². The lowest BCUT2D eigenvalue weighted by molar-refractivity contribution is 0.0498. The van der Waals surface area contributed by atoms with Gasteiger partial charge in [0.25, 0.3) is 0 Å². The first-order valence-corrected chi connectivity index (χ1v) is 15.5. The van der Waals surface area contributed by atoms with Crippen LogP contribution < -0.4 is 5.73 Å². The summed E-state index contributed by atoms with van der Waals surface area (Å²) in [4.78, 5) is 19.8. The number of aliphatic hydroxyl groups excluding tert-OH is 1. The van der Waals surface area contributed by atoms with Crippen LogP contribution in [0, 0.1) is 17.8 Å². The number of nitrogens with one attached hydrogen (secondary N) is 1. The van der Waals surface area contributed by atoms with Crippen LogP contribution >= 0.6 is 0 Å². The highest BCUT2D eigenvalue weighted by atomic mass is 16.3. The van der Waals surface area contributed by atoms with Crippen LogP contribution in [0.5, 0.6) is 0 Å². The molecule has 0 unspecified atom stereocenters. The average Bonchev–Trinajstić information content (AvgIpc) is 3.58. The number of hydrogen-bond donors (Lipinski definition) is 3. The fourth-order valence-electron chi connectivity index (χ4n) is 7.19. The number of anilines is 1. The van der Waals surface area contributed by atoms with E-state index < -0.39 is 0 Å². The second kappa shape index (κ2) is 11.0. The molecular weight excluding hydrogens is 510 g/mol. The molecule has 3 heterocycles. The molecule has 0 amide bonds. The number of imidazole rings is 1. The molecule has 220 valence electrons. The van der Waals surface area contributed by atoms with E-state index in [0.717, 1.165) is 66.2 Å². The third kappa shape index (κ3) is 5.86. The van der Waals surface area contributed by atoms with E-state index in [2.05, 4.69) is 77.2 Å². The van der Waals surface area contributed by atoms with Crippen molar-refractivity contribution in [2.24, 2.45) is 17.8 Å². The molecular formula is C33H47N7O. The molecule has 0 spiro atoms. The number of fused-ring (bicyclic) bond motifs is 2. The number of aliphatic hydroxyl groups is 1. The van der Waals surface area contributed by atoms with E-state index >= 15 is 0 Å². The summed E-state index contributed by atoms with van der Waals surface area (Å²) in [7, 11) is 0. The SMILES string of the molecule is CC(C)CN(C[C@@H]1C[C@@H](O)[C@H](n2ccc3c(N)ncnc32)C1)[C@H]1C[C@@H](CCc2nc3cc(C(C)(C)C)ccc3[nH]2)C1. The topological polar surface area (TPSA) is 109 Å². The Morgan fingerprint density at radius 3 is 2.66 bits per heavy atom. The van der Waals surface area contributed by atoms with Crippen LogP contribution in [0.1, 0.15) is 84.2 Å². The number of nitrogens with zero attached hydrogens (tertiary/aromatic N) is 5. The fourth-order valence-corrected chi connectivity index (χ4v) is 7.19. The van der Waals surface area contributed by atoms with Crippen molar-refractivity contribution < 1.29 is 5.11 Å². The number of nitrogens with two attached hydrogens (primary N) is 1. The maximum Gasteiger partial charge on any atom is 0.145 e. The van der Waals surface area contributed by atoms with E-state index in [1.807, 2.05) is 12.3 Å². The first-order valence-electron chi connectivity index (χ1n) is 15.5. The van der Waals surface area contributed by atoms with Crippen molar-refractivity contribution in [1.82, 2.24) is 29.4 Å². The average molecular weight is 558 g/mol. The molecule has 3 atom stereocenters. The Labute approximate surface area is 243 Å². The Balaban J connectivity index is 1.04. The van der Waals surface area contributed by atoms with Gasteiger partial charge in [-0.05, 0) is 79.0 Å². The minimum Gasteiger partial charge on any atom is -0.391 e. The van der Waals surface area contributed by atoms with Crippen LogP contribution in [0.15, 0.2) is 36.8 Å². The molecule has 1 aromatic carbocycles. The number of hydrogen-bond acceptors (Lipinski definition) is 6. The Hall–Kier alpha value is -2.97. The van der Waals surface area contributed by atoms with Crippen LogP contribution in [-0.2, 0) is 11.8 Å². The monoisotopic (exact) mass is 557 g/mol. The normalized spacial score (nSPS) is 25.1. The molecule has 6 rings (SSSR count). The summed E-state index contributed by atoms with van der Waals surface area (Å²) < 4.78 is 2.12. The van der Waals surface area contributed by atoms with Crippen molar-refractivity contribution in [3.05, 3.63) is 48.2 Å². The Bertz CT molecular complexity index is 1490. The first kappa shape index (κ1) is 28.2. The third-order valence-corrected chi connectivity index (χ3v) is 9.50. The van der Waals surface area contributed by atoms with Crippen molar-refractivity contribution >= 4 is 27.9 Å². The molecule has 4 N–H and O–H groups in total. The zero-order valence-corrected chi connectivity index (χ0v) is 25.3. The highest BCUT2D eigenvalue weighted by Gasteiger charge is 2.39. The molecule has 2 aliphatic rings. The van der Waals surface area contributed by atoms with Gasteiger partial charge in [-0.2, -0.15) is 0 Å². The fraction of sp³-hybridized carbons (Fsp3) is 0.606. The van der Waals surface area contributed by atoms with Crippen LogP contribution in [-0.4, -0.2) is 59.7 Å². The van der Waals surface area contributed by atoms with Gasteiger partial charge in [-0.1, -0.05) is 40.7 Å². The van der Waals surface area contributed by atoms with Crippen molar-refractivity contribution in [1.29, 1.82) is 0 Å². The minimum absolute atomic E-state index is 0.0325. The summed E-state index contributed by atoms with van der Waals surface area (Å²) in [5.74, 6) is 3.46. The largest absolute Gasteiger partial charge is 0.391 e. The van der Waals surface area contributed by atoms with Gasteiger partial charge in [0.15, 0.2) is 0 Å². The number of benzene rings is 1. The van der Waals surface area contributed by atoms with Crippen LogP contribution in [0.3, 0.4) is 0 Å². The summed E-state index contributed by atoms with van der Waals surface area (Å²) in [5.41, 5.74) is 10.6. The highest BCUT2D eigenvalue weighted by Crippen LogP contribution is 2.41. The number of aryl methyl sites for hydroxylation is 1. The second-order valence-electron chi connectivity index (χ2n) is 14.2. The predicted molar refractivity (Wildman–Crippen MR) is 166 cm³/mol. The molecule has 0 saturated heterocycles. The Kier molecular flexibility index (Phi) is 7.57. The van der Waals surface area contributed by atoms with E-state index in [4.69, 9.17) is 10.7 Å². The standard InChI is InChI=1S/C33H47N7O/c1-20(2)17-39(18-22-14-28(29(41)15-22)40-11-10-25-31(34)35-19-36-32(25)40)24-12-21(13-24)6-9-30-37-26-8-7-23(33(3,4)5)16-27(26)38-30/h7-8,10-11,16,19-22,24,28-29,41H,6,9,12-15,17-18H2,1-5H3,(H,37,38)(H2,34,35,36)/t21-,22-,24+,28+,29+/m0/s1. The maximum absolute atomic E-state index is 11.1. The number of rotatable bonds is 9. The number of nitrogen functional groups attached to an aromatic ring is 1. The number of H-pyrrole nitrogens is 1. The quantitative estimate of drug-likeness (QED) is 0.238. The molecule has 41 heavy (non-hydrogen) atoms. The summed E-state index contributed by atoms with van der Waals surface area (Å²) >= 11 is 0. The van der Waals surface area contributed by atoms with Gasteiger partial charge in [0.05, 0.1) is 28.6 Å². The van der Waals surface area contributed by atoms with Crippen molar-refractivity contribution in [3.63, 3.8) is 0 Å². The van der Waals surface area contributed by atoms with E-state index in [1.165, 1.54) is 31.2 Å². The lowest BCUT2D eigenvalue weighted by Crippen LogP contribution is -2.48. The van der Waals surface area contributed by atoms with Gasteiger partial charge in [-0.3, -0.25) is 4.90 Å². The van der Waals surface area contributed by atoms with Gasteiger partial charge in [0.2, 0.25) is 0 Å². The first-order chi connectivity index (χ1) is 19.5. The van der Waals surface area contributed by atoms with E-state index in [0.29, 0.717) is 23.7 Å². The van der Waals surface area contributed by atoms with Gasteiger partial charge in [0, 0.05) is 31.7 Å². The lowest BCUT2D eigenvalue weighted by atomic mass is 9.76. The second-order valence-corrected chi connectivity index (χ2v) is 14.2. The zero-order valence-electron chi connectivity index (χ0n) is 25.3. The molecule has 4 aromatic rings. The Morgan fingerprint density at radius 2 is 1.90 bits per heavy atom. The van der Waals surface area contributed by atoms with Crippen LogP contribution in [0.4, 0.5) is 5.82 Å². The van der Waals surface area contributed by atoms with Crippen molar-refractivity contribution in [3.8, 4) is 0 Å². The zero-order chi connectivity index (χ0) is 28.9. The lowest BCUT2D eigenvalue weighted by Gasteiger charge is -2.45. The van der Waals surface area contributed by atoms with E-state index in [1.54, 1.807) is 0 Å². The molecule has 3 aromatic heterocycles. The molecule has 0 aliphatic heterocycles. The summed E-state index contributed by atoms with van der Waals surface area (Å²) in [6, 6.07) is 9.29. The Morgan fingerprint density at radius 1 is 1.10 bits per heavy atom. The van der Waals surface area contributed by atoms with Gasteiger partial charge in [-0.15, -0.1) is 0 Å². The molecule has 0 bridgehead atoms.